The number of amides is 2. The number of nitrogens with zero attached hydrogens (tertiary/aromatic N) is 1. The van der Waals surface area contributed by atoms with E-state index in [9.17, 15) is 9.90 Å². The fourth-order valence-corrected chi connectivity index (χ4v) is 4.89. The molecule has 4 saturated carbocycles. The van der Waals surface area contributed by atoms with Gasteiger partial charge in [0.15, 0.2) is 0 Å². The Bertz CT molecular complexity index is 328. The van der Waals surface area contributed by atoms with E-state index in [-0.39, 0.29) is 6.03 Å². The van der Waals surface area contributed by atoms with Crippen molar-refractivity contribution >= 4 is 6.03 Å². The molecule has 0 aromatic heterocycles. The summed E-state index contributed by atoms with van der Waals surface area (Å²) in [5, 5.41) is 12.6. The number of hydrogen-bond donors (Lipinski definition) is 2. The second kappa shape index (κ2) is 4.97. The van der Waals surface area contributed by atoms with E-state index in [0.29, 0.717) is 24.4 Å². The van der Waals surface area contributed by atoms with Gasteiger partial charge in [-0.05, 0) is 62.7 Å². The Balaban J connectivity index is 1.59. The Hall–Kier alpha value is -0.770. The maximum Gasteiger partial charge on any atom is 0.317 e. The number of aliphatic hydroxyl groups excluding tert-OH is 1. The molecule has 0 saturated heterocycles. The van der Waals surface area contributed by atoms with Gasteiger partial charge in [0.25, 0.3) is 0 Å². The van der Waals surface area contributed by atoms with Crippen molar-refractivity contribution < 1.29 is 9.90 Å². The van der Waals surface area contributed by atoms with Gasteiger partial charge in [-0.1, -0.05) is 0 Å². The predicted octanol–water partition coefficient (Wildman–Crippen LogP) is 1.83. The number of likely N-dealkylation sites (N-methyl/N-ethyl adjacent to an activating group) is 1. The minimum atomic E-state index is -0.464. The van der Waals surface area contributed by atoms with Gasteiger partial charge in [0.05, 0.1) is 6.10 Å². The highest BCUT2D eigenvalue weighted by atomic mass is 16.3. The van der Waals surface area contributed by atoms with E-state index >= 15 is 0 Å². The molecule has 2 amide bonds. The second-order valence-electron chi connectivity index (χ2n) is 7.14. The van der Waals surface area contributed by atoms with Crippen LogP contribution in [0.15, 0.2) is 0 Å². The molecule has 0 radical (unpaired) electrons. The van der Waals surface area contributed by atoms with Gasteiger partial charge < -0.3 is 15.3 Å². The van der Waals surface area contributed by atoms with E-state index in [1.165, 1.54) is 32.1 Å². The lowest BCUT2D eigenvalue weighted by molar-refractivity contribution is -0.0111. The number of carbonyl (C=O) groups excluding carboxylic acids is 1. The highest BCUT2D eigenvalue weighted by Gasteiger charge is 2.48. The van der Waals surface area contributed by atoms with Gasteiger partial charge in [0.1, 0.15) is 0 Å². The van der Waals surface area contributed by atoms with Crippen molar-refractivity contribution in [2.75, 3.05) is 13.6 Å². The van der Waals surface area contributed by atoms with Crippen molar-refractivity contribution in [1.29, 1.82) is 0 Å². The average molecular weight is 266 g/mol. The lowest BCUT2D eigenvalue weighted by Crippen LogP contribution is -2.57. The van der Waals surface area contributed by atoms with E-state index < -0.39 is 6.10 Å². The molecule has 1 unspecified atom stereocenters. The lowest BCUT2D eigenvalue weighted by atomic mass is 9.54. The summed E-state index contributed by atoms with van der Waals surface area (Å²) in [6.07, 6.45) is 6.25. The maximum absolute atomic E-state index is 12.2. The van der Waals surface area contributed by atoms with Crippen LogP contribution in [0, 0.1) is 23.7 Å². The zero-order valence-corrected chi connectivity index (χ0v) is 12.0. The summed E-state index contributed by atoms with van der Waals surface area (Å²) in [7, 11) is 1.76. The SMILES string of the molecule is CC(O)CN(C)C(=O)NC1C2CC3CC(C2)CC1C3. The van der Waals surface area contributed by atoms with Crippen LogP contribution in [0.1, 0.15) is 39.0 Å². The fraction of sp³-hybridized carbons (Fsp3) is 0.933. The second-order valence-corrected chi connectivity index (χ2v) is 7.14. The first-order valence-corrected chi connectivity index (χ1v) is 7.72. The molecule has 4 bridgehead atoms. The van der Waals surface area contributed by atoms with Crippen LogP contribution in [0.3, 0.4) is 0 Å². The van der Waals surface area contributed by atoms with E-state index in [2.05, 4.69) is 5.32 Å². The molecule has 4 aliphatic carbocycles. The summed E-state index contributed by atoms with van der Waals surface area (Å²) in [5.74, 6) is 3.29. The molecular formula is C15H26N2O2. The van der Waals surface area contributed by atoms with Gasteiger partial charge in [-0.15, -0.1) is 0 Å². The third-order valence-corrected chi connectivity index (χ3v) is 5.40. The quantitative estimate of drug-likeness (QED) is 0.819. The van der Waals surface area contributed by atoms with Crippen molar-refractivity contribution in [3.05, 3.63) is 0 Å². The Morgan fingerprint density at radius 1 is 1.21 bits per heavy atom. The van der Waals surface area contributed by atoms with Crippen LogP contribution in [0.25, 0.3) is 0 Å². The summed E-state index contributed by atoms with van der Waals surface area (Å²) in [5.41, 5.74) is 0. The molecule has 4 aliphatic rings. The van der Waals surface area contributed by atoms with Crippen molar-refractivity contribution in [3.63, 3.8) is 0 Å². The number of nitrogens with one attached hydrogen (secondary N) is 1. The largest absolute Gasteiger partial charge is 0.392 e. The van der Waals surface area contributed by atoms with Crippen LogP contribution in [0.5, 0.6) is 0 Å². The van der Waals surface area contributed by atoms with Crippen LogP contribution in [0.4, 0.5) is 4.79 Å². The summed E-state index contributed by atoms with van der Waals surface area (Å²) in [6, 6.07) is 0.370. The van der Waals surface area contributed by atoms with E-state index in [1.54, 1.807) is 18.9 Å². The van der Waals surface area contributed by atoms with Gasteiger partial charge in [0, 0.05) is 19.6 Å². The van der Waals surface area contributed by atoms with Gasteiger partial charge >= 0.3 is 6.03 Å². The van der Waals surface area contributed by atoms with Gasteiger partial charge in [-0.25, -0.2) is 4.79 Å². The van der Waals surface area contributed by atoms with Crippen molar-refractivity contribution in [2.24, 2.45) is 23.7 Å². The molecule has 19 heavy (non-hydrogen) atoms. The first kappa shape index (κ1) is 13.2. The number of aliphatic hydroxyl groups is 1. The molecule has 2 N–H and O–H groups in total. The number of hydrogen-bond acceptors (Lipinski definition) is 2. The highest BCUT2D eigenvalue weighted by molar-refractivity contribution is 5.74. The number of carbonyl (C=O) groups is 1. The van der Waals surface area contributed by atoms with E-state index in [0.717, 1.165) is 11.8 Å². The maximum atomic E-state index is 12.2. The topological polar surface area (TPSA) is 52.6 Å². The van der Waals surface area contributed by atoms with Crippen LogP contribution in [-0.4, -0.2) is 41.8 Å². The Kier molecular flexibility index (Phi) is 3.46. The fourth-order valence-electron chi connectivity index (χ4n) is 4.89. The van der Waals surface area contributed by atoms with Crippen molar-refractivity contribution in [1.82, 2.24) is 10.2 Å². The highest BCUT2D eigenvalue weighted by Crippen LogP contribution is 2.53. The van der Waals surface area contributed by atoms with Crippen LogP contribution in [-0.2, 0) is 0 Å². The summed E-state index contributed by atoms with van der Waals surface area (Å²) < 4.78 is 0. The first-order valence-electron chi connectivity index (χ1n) is 7.72. The molecular weight excluding hydrogens is 240 g/mol. The lowest BCUT2D eigenvalue weighted by Gasteiger charge is -2.54. The summed E-state index contributed by atoms with van der Waals surface area (Å²) >= 11 is 0. The zero-order chi connectivity index (χ0) is 13.6. The van der Waals surface area contributed by atoms with Gasteiger partial charge in [-0.2, -0.15) is 0 Å². The Labute approximate surface area is 115 Å². The standard InChI is InChI=1S/C15H26N2O2/c1-9(18)8-17(2)15(19)16-14-12-4-10-3-11(6-12)7-13(14)5-10/h9-14,18H,3-8H2,1-2H3,(H,16,19). The van der Waals surface area contributed by atoms with Crippen molar-refractivity contribution in [2.45, 2.75) is 51.2 Å². The normalized spacial score (nSPS) is 41.1. The molecule has 0 aliphatic heterocycles. The van der Waals surface area contributed by atoms with Gasteiger partial charge in [0.2, 0.25) is 0 Å². The zero-order valence-electron chi connectivity index (χ0n) is 12.0. The molecule has 0 heterocycles. The molecule has 0 aromatic rings. The first-order chi connectivity index (χ1) is 9.02. The third-order valence-electron chi connectivity index (χ3n) is 5.40. The molecule has 0 spiro atoms. The summed E-state index contributed by atoms with van der Waals surface area (Å²) in [4.78, 5) is 13.8. The molecule has 4 rings (SSSR count). The molecule has 4 nitrogen and oxygen atoms in total. The minimum Gasteiger partial charge on any atom is -0.392 e. The molecule has 0 aromatic carbocycles. The smallest absolute Gasteiger partial charge is 0.317 e. The Morgan fingerprint density at radius 2 is 1.74 bits per heavy atom. The van der Waals surface area contributed by atoms with Crippen LogP contribution >= 0.6 is 0 Å². The van der Waals surface area contributed by atoms with Crippen molar-refractivity contribution in [3.8, 4) is 0 Å². The van der Waals surface area contributed by atoms with Gasteiger partial charge in [-0.3, -0.25) is 0 Å². The number of urea groups is 1. The molecule has 1 atom stereocenters. The molecule has 4 heteroatoms. The Morgan fingerprint density at radius 3 is 2.21 bits per heavy atom. The van der Waals surface area contributed by atoms with E-state index in [1.807, 2.05) is 0 Å². The average Bonchev–Trinajstić information content (AvgIpc) is 2.31. The third kappa shape index (κ3) is 2.60. The van der Waals surface area contributed by atoms with E-state index in [4.69, 9.17) is 0 Å². The predicted molar refractivity (Wildman–Crippen MR) is 73.7 cm³/mol. The summed E-state index contributed by atoms with van der Waals surface area (Å²) in [6.45, 7) is 2.12. The monoisotopic (exact) mass is 266 g/mol. The molecule has 4 fully saturated rings. The van der Waals surface area contributed by atoms with Crippen LogP contribution < -0.4 is 5.32 Å². The molecule has 108 valence electrons. The van der Waals surface area contributed by atoms with Crippen LogP contribution in [0.2, 0.25) is 0 Å². The number of rotatable bonds is 3. The minimum absolute atomic E-state index is 0.0154.